The quantitative estimate of drug-likeness (QED) is 0.827. The van der Waals surface area contributed by atoms with Crippen LogP contribution in [-0.2, 0) is 9.59 Å². The highest BCUT2D eigenvalue weighted by molar-refractivity contribution is 5.82. The van der Waals surface area contributed by atoms with Crippen LogP contribution in [0, 0.1) is 17.8 Å². The van der Waals surface area contributed by atoms with Gasteiger partial charge >= 0.3 is 0 Å². The predicted molar refractivity (Wildman–Crippen MR) is 112 cm³/mol. The van der Waals surface area contributed by atoms with Gasteiger partial charge in [0.15, 0.2) is 6.10 Å². The second-order valence-corrected chi connectivity index (χ2v) is 9.61. The third-order valence-electron chi connectivity index (χ3n) is 7.20. The van der Waals surface area contributed by atoms with Crippen LogP contribution in [-0.4, -0.2) is 51.9 Å². The molecule has 2 bridgehead atoms. The number of carbonyl (C=O) groups excluding carboxylic acids is 2. The maximum atomic E-state index is 13.1. The highest BCUT2D eigenvalue weighted by atomic mass is 16.3. The first-order valence-corrected chi connectivity index (χ1v) is 11.3. The second-order valence-electron chi connectivity index (χ2n) is 9.61. The third kappa shape index (κ3) is 4.07. The van der Waals surface area contributed by atoms with Crippen LogP contribution in [0.2, 0.25) is 0 Å². The van der Waals surface area contributed by atoms with Gasteiger partial charge in [-0.25, -0.2) is 0 Å². The molecule has 0 saturated carbocycles. The number of fused-ring (bicyclic) bond motifs is 4. The van der Waals surface area contributed by atoms with E-state index >= 15 is 0 Å². The first kappa shape index (κ1) is 20.4. The van der Waals surface area contributed by atoms with Crippen LogP contribution in [0.5, 0.6) is 0 Å². The van der Waals surface area contributed by atoms with Crippen LogP contribution in [0.4, 0.5) is 0 Å². The molecule has 3 heterocycles. The highest BCUT2D eigenvalue weighted by Crippen LogP contribution is 2.43. The molecule has 0 radical (unpaired) electrons. The molecule has 3 saturated heterocycles. The normalized spacial score (nSPS) is 30.3. The number of benzene rings is 1. The minimum absolute atomic E-state index is 0.191. The van der Waals surface area contributed by atoms with Gasteiger partial charge in [-0.3, -0.25) is 9.59 Å². The largest absolute Gasteiger partial charge is 0.378 e. The topological polar surface area (TPSA) is 60.9 Å². The fourth-order valence-corrected chi connectivity index (χ4v) is 5.78. The first-order valence-electron chi connectivity index (χ1n) is 11.3. The maximum absolute atomic E-state index is 13.1. The van der Waals surface area contributed by atoms with Gasteiger partial charge in [0.1, 0.15) is 0 Å². The van der Waals surface area contributed by atoms with Crippen molar-refractivity contribution in [3.05, 3.63) is 35.9 Å². The van der Waals surface area contributed by atoms with Crippen molar-refractivity contribution < 1.29 is 14.7 Å². The van der Waals surface area contributed by atoms with Crippen LogP contribution in [0.3, 0.4) is 0 Å². The van der Waals surface area contributed by atoms with Crippen LogP contribution in [0.15, 0.2) is 30.3 Å². The van der Waals surface area contributed by atoms with E-state index < -0.39 is 6.10 Å². The Bertz CT molecular complexity index is 735. The molecule has 1 aromatic carbocycles. The van der Waals surface area contributed by atoms with Crippen LogP contribution >= 0.6 is 0 Å². The fourth-order valence-electron chi connectivity index (χ4n) is 5.78. The summed E-state index contributed by atoms with van der Waals surface area (Å²) in [6.07, 6.45) is 4.78. The number of aliphatic hydroxyl groups excluding tert-OH is 1. The van der Waals surface area contributed by atoms with Crippen LogP contribution in [0.25, 0.3) is 0 Å². The van der Waals surface area contributed by atoms with Gasteiger partial charge in [-0.15, -0.1) is 0 Å². The lowest BCUT2D eigenvalue weighted by atomic mass is 9.70. The average molecular weight is 399 g/mol. The Balaban J connectivity index is 1.55. The van der Waals surface area contributed by atoms with Gasteiger partial charge in [0.05, 0.1) is 0 Å². The molecule has 0 spiro atoms. The van der Waals surface area contributed by atoms with Crippen molar-refractivity contribution in [1.82, 2.24) is 9.80 Å². The number of carbonyl (C=O) groups is 2. The lowest BCUT2D eigenvalue weighted by molar-refractivity contribution is -0.160. The van der Waals surface area contributed by atoms with E-state index in [9.17, 15) is 14.7 Å². The Morgan fingerprint density at radius 1 is 1.17 bits per heavy atom. The summed E-state index contributed by atoms with van der Waals surface area (Å²) in [5.41, 5.74) is 0.652. The first-order chi connectivity index (χ1) is 14.0. The van der Waals surface area contributed by atoms with Gasteiger partial charge in [-0.2, -0.15) is 0 Å². The van der Waals surface area contributed by atoms with Crippen molar-refractivity contribution in [3.63, 3.8) is 0 Å². The minimum atomic E-state index is -1.10. The number of rotatable bonds is 5. The summed E-state index contributed by atoms with van der Waals surface area (Å²) in [6.45, 7) is 5.77. The van der Waals surface area contributed by atoms with E-state index in [0.717, 1.165) is 32.1 Å². The number of likely N-dealkylation sites (tertiary alicyclic amines) is 1. The van der Waals surface area contributed by atoms with E-state index in [4.69, 9.17) is 0 Å². The Morgan fingerprint density at radius 2 is 1.90 bits per heavy atom. The summed E-state index contributed by atoms with van der Waals surface area (Å²) in [7, 11) is 0. The van der Waals surface area contributed by atoms with E-state index in [1.807, 2.05) is 23.1 Å². The Hall–Kier alpha value is -1.88. The van der Waals surface area contributed by atoms with Crippen LogP contribution < -0.4 is 0 Å². The van der Waals surface area contributed by atoms with Crippen molar-refractivity contribution in [2.45, 2.75) is 70.6 Å². The fraction of sp³-hybridized carbons (Fsp3) is 0.667. The van der Waals surface area contributed by atoms with Gasteiger partial charge in [0.2, 0.25) is 5.91 Å². The Labute approximate surface area is 174 Å². The van der Waals surface area contributed by atoms with Gasteiger partial charge in [-0.1, -0.05) is 44.2 Å². The van der Waals surface area contributed by atoms with E-state index in [0.29, 0.717) is 48.7 Å². The second kappa shape index (κ2) is 8.47. The summed E-state index contributed by atoms with van der Waals surface area (Å²) in [5.74, 6) is 1.38. The molecule has 5 atom stereocenters. The van der Waals surface area contributed by atoms with E-state index in [1.54, 1.807) is 12.1 Å². The number of piperidine rings is 3. The molecular formula is C24H34N2O3. The third-order valence-corrected chi connectivity index (χ3v) is 7.20. The van der Waals surface area contributed by atoms with Gasteiger partial charge in [0, 0.05) is 31.6 Å². The van der Waals surface area contributed by atoms with Gasteiger partial charge in [-0.05, 0) is 55.4 Å². The lowest BCUT2D eigenvalue weighted by Gasteiger charge is -2.57. The molecule has 0 aliphatic carbocycles. The molecule has 0 unspecified atom stereocenters. The molecule has 3 aliphatic rings. The molecule has 1 N–H and O–H groups in total. The highest BCUT2D eigenvalue weighted by Gasteiger charge is 2.50. The SMILES string of the molecule is CC(C)CC[C@H]1[C@H]2C[C@H](CN(C(=O)[C@@H](O)c3ccccc3)C2)[C@@H]2CCCC(=O)N21. The maximum Gasteiger partial charge on any atom is 0.256 e. The van der Waals surface area contributed by atoms with Crippen molar-refractivity contribution in [3.8, 4) is 0 Å². The number of amides is 2. The lowest BCUT2D eigenvalue weighted by Crippen LogP contribution is -2.65. The molecule has 158 valence electrons. The van der Waals surface area contributed by atoms with Gasteiger partial charge in [0.25, 0.3) is 5.91 Å². The van der Waals surface area contributed by atoms with Crippen molar-refractivity contribution in [1.29, 1.82) is 0 Å². The Kier molecular flexibility index (Phi) is 5.95. The summed E-state index contributed by atoms with van der Waals surface area (Å²) >= 11 is 0. The number of nitrogens with zero attached hydrogens (tertiary/aromatic N) is 2. The predicted octanol–water partition coefficient (Wildman–Crippen LogP) is 3.38. The molecule has 0 aromatic heterocycles. The molecule has 5 nitrogen and oxygen atoms in total. The molecule has 4 rings (SSSR count). The minimum Gasteiger partial charge on any atom is -0.378 e. The molecule has 1 aromatic rings. The molecule has 3 fully saturated rings. The molecular weight excluding hydrogens is 364 g/mol. The van der Waals surface area contributed by atoms with E-state index in [-0.39, 0.29) is 18.0 Å². The van der Waals surface area contributed by atoms with Gasteiger partial charge < -0.3 is 14.9 Å². The molecule has 2 amide bonds. The smallest absolute Gasteiger partial charge is 0.256 e. The zero-order valence-electron chi connectivity index (χ0n) is 17.7. The summed E-state index contributed by atoms with van der Waals surface area (Å²) in [6, 6.07) is 9.69. The standard InChI is InChI=1S/C24H34N2O3/c1-16(2)11-12-21-19-13-18(20-9-6-10-22(27)26(20)21)14-25(15-19)24(29)23(28)17-7-4-3-5-8-17/h3-5,7-8,16,18-21,23,28H,6,9-15H2,1-2H3/t18-,19+,20+,21+,23+/m1/s1. The van der Waals surface area contributed by atoms with Crippen molar-refractivity contribution in [2.24, 2.45) is 17.8 Å². The van der Waals surface area contributed by atoms with Crippen LogP contribution in [0.1, 0.15) is 64.0 Å². The van der Waals surface area contributed by atoms with Crippen molar-refractivity contribution in [2.75, 3.05) is 13.1 Å². The summed E-state index contributed by atoms with van der Waals surface area (Å²) < 4.78 is 0. The average Bonchev–Trinajstić information content (AvgIpc) is 2.73. The summed E-state index contributed by atoms with van der Waals surface area (Å²) in [5, 5.41) is 10.7. The van der Waals surface area contributed by atoms with E-state index in [1.165, 1.54) is 0 Å². The monoisotopic (exact) mass is 398 g/mol. The Morgan fingerprint density at radius 3 is 2.62 bits per heavy atom. The summed E-state index contributed by atoms with van der Waals surface area (Å²) in [4.78, 5) is 30.1. The molecule has 5 heteroatoms. The number of hydrogen-bond donors (Lipinski definition) is 1. The number of aliphatic hydroxyl groups is 1. The zero-order valence-corrected chi connectivity index (χ0v) is 17.7. The van der Waals surface area contributed by atoms with E-state index in [2.05, 4.69) is 18.7 Å². The zero-order chi connectivity index (χ0) is 20.5. The molecule has 29 heavy (non-hydrogen) atoms. The number of hydrogen-bond acceptors (Lipinski definition) is 3. The molecule has 3 aliphatic heterocycles. The van der Waals surface area contributed by atoms with Crippen molar-refractivity contribution >= 4 is 11.8 Å².